The molecule has 6 heterocycles. The van der Waals surface area contributed by atoms with Gasteiger partial charge in [-0.1, -0.05) is 6.07 Å². The normalized spacial score (nSPS) is 11.7. The summed E-state index contributed by atoms with van der Waals surface area (Å²) in [7, 11) is 4.08. The van der Waals surface area contributed by atoms with Gasteiger partial charge in [-0.25, -0.2) is 9.97 Å². The maximum atomic E-state index is 4.74. The zero-order valence-corrected chi connectivity index (χ0v) is 18.9. The smallest absolute Gasteiger partial charge is 0.178 e. The van der Waals surface area contributed by atoms with E-state index in [4.69, 9.17) is 4.98 Å². The first-order chi connectivity index (χ1) is 16.2. The summed E-state index contributed by atoms with van der Waals surface area (Å²) < 4.78 is 0. The second kappa shape index (κ2) is 7.88. The van der Waals surface area contributed by atoms with Crippen LogP contribution in [0.3, 0.4) is 0 Å². The van der Waals surface area contributed by atoms with Crippen LogP contribution in [0.5, 0.6) is 0 Å². The molecule has 0 spiro atoms. The van der Waals surface area contributed by atoms with E-state index in [2.05, 4.69) is 52.5 Å². The number of hydrogen-bond donors (Lipinski definition) is 2. The Bertz CT molecular complexity index is 1580. The Labute approximate surface area is 193 Å². The highest BCUT2D eigenvalue weighted by atomic mass is 32.1. The van der Waals surface area contributed by atoms with Crippen molar-refractivity contribution in [2.45, 2.75) is 6.54 Å². The van der Waals surface area contributed by atoms with Crippen LogP contribution in [0.2, 0.25) is 0 Å². The molecule has 0 amide bonds. The minimum Gasteiger partial charge on any atom is -0.335 e. The lowest BCUT2D eigenvalue weighted by atomic mass is 10.1. The molecule has 6 aromatic rings. The predicted octanol–water partition coefficient (Wildman–Crippen LogP) is 4.75. The fraction of sp³-hybridized carbons (Fsp3) is 0.125. The lowest BCUT2D eigenvalue weighted by Gasteiger charge is -2.10. The number of hydrogen-bond acceptors (Lipinski definition) is 7. The SMILES string of the molecule is CN(C)Cc1cncc(-c2cc3c(-c4nc5nccc(-c6cccs6)c5[nH]4)n[nH]c3cn2)c1. The Morgan fingerprint density at radius 1 is 1.06 bits per heavy atom. The van der Waals surface area contributed by atoms with E-state index in [9.17, 15) is 0 Å². The number of H-pyrrole nitrogens is 2. The zero-order chi connectivity index (χ0) is 22.4. The van der Waals surface area contributed by atoms with Crippen LogP contribution in [0.25, 0.3) is 55.3 Å². The molecule has 0 bridgehead atoms. The van der Waals surface area contributed by atoms with Gasteiger partial charge in [0.2, 0.25) is 0 Å². The van der Waals surface area contributed by atoms with E-state index in [0.29, 0.717) is 11.5 Å². The van der Waals surface area contributed by atoms with Gasteiger partial charge in [0.25, 0.3) is 0 Å². The summed E-state index contributed by atoms with van der Waals surface area (Å²) in [5.74, 6) is 0.671. The van der Waals surface area contributed by atoms with Crippen LogP contribution < -0.4 is 0 Å². The van der Waals surface area contributed by atoms with Crippen molar-refractivity contribution >= 4 is 33.4 Å². The van der Waals surface area contributed by atoms with Crippen LogP contribution >= 0.6 is 11.3 Å². The van der Waals surface area contributed by atoms with Crippen LogP contribution in [-0.2, 0) is 6.54 Å². The van der Waals surface area contributed by atoms with Crippen molar-refractivity contribution in [3.8, 4) is 33.2 Å². The van der Waals surface area contributed by atoms with Crippen molar-refractivity contribution in [3.63, 3.8) is 0 Å². The maximum Gasteiger partial charge on any atom is 0.178 e. The van der Waals surface area contributed by atoms with Gasteiger partial charge in [0.15, 0.2) is 11.5 Å². The molecule has 162 valence electrons. The Kier molecular flexibility index (Phi) is 4.70. The van der Waals surface area contributed by atoms with E-state index in [1.807, 2.05) is 44.7 Å². The zero-order valence-electron chi connectivity index (χ0n) is 18.1. The molecule has 8 nitrogen and oxygen atoms in total. The number of thiophene rings is 1. The Morgan fingerprint density at radius 3 is 2.85 bits per heavy atom. The van der Waals surface area contributed by atoms with Crippen LogP contribution in [0, 0.1) is 0 Å². The monoisotopic (exact) mass is 452 g/mol. The summed E-state index contributed by atoms with van der Waals surface area (Å²) >= 11 is 1.69. The highest BCUT2D eigenvalue weighted by molar-refractivity contribution is 7.13. The van der Waals surface area contributed by atoms with Gasteiger partial charge in [-0.05, 0) is 49.3 Å². The third-order valence-electron chi connectivity index (χ3n) is 5.44. The largest absolute Gasteiger partial charge is 0.335 e. The average molecular weight is 453 g/mol. The topological polar surface area (TPSA) is 99.3 Å². The first-order valence-electron chi connectivity index (χ1n) is 10.5. The summed E-state index contributed by atoms with van der Waals surface area (Å²) in [5.41, 5.74) is 7.18. The second-order valence-electron chi connectivity index (χ2n) is 8.13. The lowest BCUT2D eigenvalue weighted by Crippen LogP contribution is -2.10. The fourth-order valence-corrected chi connectivity index (χ4v) is 4.75. The molecule has 2 N–H and O–H groups in total. The van der Waals surface area contributed by atoms with E-state index in [1.54, 1.807) is 23.7 Å². The molecule has 6 aromatic heterocycles. The van der Waals surface area contributed by atoms with Crippen LogP contribution in [0.15, 0.2) is 60.5 Å². The number of fused-ring (bicyclic) bond motifs is 2. The minimum atomic E-state index is 0.668. The molecule has 0 aliphatic carbocycles. The van der Waals surface area contributed by atoms with E-state index < -0.39 is 0 Å². The highest BCUT2D eigenvalue weighted by Gasteiger charge is 2.17. The molecule has 0 fully saturated rings. The van der Waals surface area contributed by atoms with Gasteiger partial charge < -0.3 is 9.88 Å². The van der Waals surface area contributed by atoms with Crippen molar-refractivity contribution in [2.75, 3.05) is 14.1 Å². The molecular formula is C24H20N8S. The number of nitrogens with one attached hydrogen (secondary N) is 2. The molecule has 0 unspecified atom stereocenters. The number of imidazole rings is 1. The first kappa shape index (κ1) is 19.7. The number of nitrogens with zero attached hydrogens (tertiary/aromatic N) is 6. The predicted molar refractivity (Wildman–Crippen MR) is 131 cm³/mol. The Balaban J connectivity index is 1.45. The van der Waals surface area contributed by atoms with Crippen LogP contribution in [0.4, 0.5) is 0 Å². The molecule has 0 saturated heterocycles. The van der Waals surface area contributed by atoms with Crippen molar-refractivity contribution in [3.05, 3.63) is 66.1 Å². The van der Waals surface area contributed by atoms with E-state index >= 15 is 0 Å². The minimum absolute atomic E-state index is 0.668. The molecule has 0 aliphatic rings. The number of aromatic amines is 2. The summed E-state index contributed by atoms with van der Waals surface area (Å²) in [4.78, 5) is 25.0. The maximum absolute atomic E-state index is 4.74. The first-order valence-corrected chi connectivity index (χ1v) is 11.4. The quantitative estimate of drug-likeness (QED) is 0.392. The average Bonchev–Trinajstić information content (AvgIpc) is 3.57. The fourth-order valence-electron chi connectivity index (χ4n) is 3.99. The standard InChI is InChI=1S/C24H20N8S/c1-32(2)13-14-8-15(11-25-10-14)18-9-17-19(12-27-18)30-31-22(17)24-28-21-16(20-4-3-7-33-20)5-6-26-23(21)29-24/h3-12H,13H2,1-2H3,(H,30,31)(H,26,28,29). The van der Waals surface area contributed by atoms with Crippen molar-refractivity contribution in [2.24, 2.45) is 0 Å². The van der Waals surface area contributed by atoms with Gasteiger partial charge in [0, 0.05) is 46.5 Å². The summed E-state index contributed by atoms with van der Waals surface area (Å²) in [6.45, 7) is 0.818. The summed E-state index contributed by atoms with van der Waals surface area (Å²) in [5, 5.41) is 10.6. The Morgan fingerprint density at radius 2 is 2.00 bits per heavy atom. The molecule has 9 heteroatoms. The summed E-state index contributed by atoms with van der Waals surface area (Å²) in [6.07, 6.45) is 7.32. The third kappa shape index (κ3) is 3.57. The summed E-state index contributed by atoms with van der Waals surface area (Å²) in [6, 6.07) is 10.3. The molecule has 0 aromatic carbocycles. The highest BCUT2D eigenvalue weighted by Crippen LogP contribution is 2.33. The molecule has 6 rings (SSSR count). The number of pyridine rings is 3. The molecular weight excluding hydrogens is 432 g/mol. The van der Waals surface area contributed by atoms with Crippen molar-refractivity contribution < 1.29 is 0 Å². The van der Waals surface area contributed by atoms with Gasteiger partial charge in [-0.15, -0.1) is 11.3 Å². The van der Waals surface area contributed by atoms with Gasteiger partial charge in [-0.2, -0.15) is 5.10 Å². The number of rotatable bonds is 5. The van der Waals surface area contributed by atoms with Gasteiger partial charge in [0.05, 0.1) is 22.9 Å². The number of aromatic nitrogens is 7. The molecule has 0 atom stereocenters. The Hall–Kier alpha value is -3.95. The molecule has 0 aliphatic heterocycles. The van der Waals surface area contributed by atoms with E-state index in [-0.39, 0.29) is 0 Å². The van der Waals surface area contributed by atoms with Crippen molar-refractivity contribution in [1.82, 2.24) is 40.0 Å². The molecule has 0 radical (unpaired) electrons. The van der Waals surface area contributed by atoms with Crippen LogP contribution in [0.1, 0.15) is 5.56 Å². The molecule has 0 saturated carbocycles. The molecule has 33 heavy (non-hydrogen) atoms. The lowest BCUT2D eigenvalue weighted by molar-refractivity contribution is 0.402. The van der Waals surface area contributed by atoms with Gasteiger partial charge in [-0.3, -0.25) is 15.1 Å². The van der Waals surface area contributed by atoms with Crippen molar-refractivity contribution in [1.29, 1.82) is 0 Å². The van der Waals surface area contributed by atoms with E-state index in [0.717, 1.165) is 51.0 Å². The second-order valence-corrected chi connectivity index (χ2v) is 9.07. The van der Waals surface area contributed by atoms with Crippen LogP contribution in [-0.4, -0.2) is 54.1 Å². The third-order valence-corrected chi connectivity index (χ3v) is 6.34. The van der Waals surface area contributed by atoms with Gasteiger partial charge >= 0.3 is 0 Å². The van der Waals surface area contributed by atoms with E-state index in [1.165, 1.54) is 4.88 Å². The van der Waals surface area contributed by atoms with Gasteiger partial charge in [0.1, 0.15) is 5.69 Å².